The maximum atomic E-state index is 13.5. The average Bonchev–Trinajstić information content (AvgIpc) is 3.21. The van der Waals surface area contributed by atoms with Gasteiger partial charge in [0.25, 0.3) is 5.91 Å². The molecule has 31 heavy (non-hydrogen) atoms. The SMILES string of the molecule is COc1ccc(C)c2sc(N(CCN3CCOCC3)C(=O)c3ccccc3Cl)nc12.Cl. The average molecular weight is 482 g/mol. The first-order chi connectivity index (χ1) is 14.6. The van der Waals surface area contributed by atoms with E-state index >= 15 is 0 Å². The third-order valence-electron chi connectivity index (χ3n) is 5.24. The van der Waals surface area contributed by atoms with E-state index in [2.05, 4.69) is 4.90 Å². The number of anilines is 1. The predicted molar refractivity (Wildman–Crippen MR) is 129 cm³/mol. The molecule has 1 aromatic heterocycles. The van der Waals surface area contributed by atoms with Crippen molar-refractivity contribution in [2.45, 2.75) is 6.92 Å². The Hall–Kier alpha value is -1.90. The normalized spacial score (nSPS) is 14.3. The Bertz CT molecular complexity index is 1050. The second-order valence-corrected chi connectivity index (χ2v) is 8.53. The lowest BCUT2D eigenvalue weighted by atomic mass is 10.2. The quantitative estimate of drug-likeness (QED) is 0.511. The fourth-order valence-corrected chi connectivity index (χ4v) is 4.80. The maximum Gasteiger partial charge on any atom is 0.261 e. The van der Waals surface area contributed by atoms with E-state index in [9.17, 15) is 4.79 Å². The molecule has 2 heterocycles. The first-order valence-corrected chi connectivity index (χ1v) is 11.1. The summed E-state index contributed by atoms with van der Waals surface area (Å²) in [6, 6.07) is 11.1. The van der Waals surface area contributed by atoms with Crippen molar-refractivity contribution >= 4 is 56.6 Å². The van der Waals surface area contributed by atoms with Crippen LogP contribution in [0.25, 0.3) is 10.2 Å². The van der Waals surface area contributed by atoms with Gasteiger partial charge in [-0.15, -0.1) is 12.4 Å². The molecule has 0 aliphatic carbocycles. The Labute approximate surface area is 197 Å². The van der Waals surface area contributed by atoms with E-state index in [0.717, 1.165) is 48.6 Å². The number of benzene rings is 2. The molecule has 1 amide bonds. The summed E-state index contributed by atoms with van der Waals surface area (Å²) in [7, 11) is 1.63. The van der Waals surface area contributed by atoms with Crippen LogP contribution in [0.4, 0.5) is 5.13 Å². The number of aromatic nitrogens is 1. The van der Waals surface area contributed by atoms with Gasteiger partial charge in [-0.05, 0) is 30.7 Å². The largest absolute Gasteiger partial charge is 0.494 e. The highest BCUT2D eigenvalue weighted by atomic mass is 35.5. The minimum absolute atomic E-state index is 0. The first-order valence-electron chi connectivity index (χ1n) is 9.89. The number of carbonyl (C=O) groups is 1. The fourth-order valence-electron chi connectivity index (χ4n) is 3.51. The second kappa shape index (κ2) is 10.6. The molecular weight excluding hydrogens is 457 g/mol. The number of morpholine rings is 1. The number of thiazole rings is 1. The fraction of sp³-hybridized carbons (Fsp3) is 0.364. The van der Waals surface area contributed by atoms with Crippen LogP contribution in [0.1, 0.15) is 15.9 Å². The van der Waals surface area contributed by atoms with Crippen LogP contribution in [0.5, 0.6) is 5.75 Å². The van der Waals surface area contributed by atoms with Crippen LogP contribution in [0, 0.1) is 6.92 Å². The van der Waals surface area contributed by atoms with Gasteiger partial charge in [-0.3, -0.25) is 14.6 Å². The highest BCUT2D eigenvalue weighted by Gasteiger charge is 2.25. The zero-order valence-corrected chi connectivity index (χ0v) is 19.9. The Morgan fingerprint density at radius 2 is 2.00 bits per heavy atom. The number of amides is 1. The van der Waals surface area contributed by atoms with Gasteiger partial charge in [-0.1, -0.05) is 41.1 Å². The molecular formula is C22H25Cl2N3O3S. The molecule has 0 atom stereocenters. The van der Waals surface area contributed by atoms with Gasteiger partial charge in [0, 0.05) is 26.2 Å². The summed E-state index contributed by atoms with van der Waals surface area (Å²) in [4.78, 5) is 22.3. The Morgan fingerprint density at radius 1 is 1.26 bits per heavy atom. The molecule has 0 unspecified atom stereocenters. The summed E-state index contributed by atoms with van der Waals surface area (Å²) in [5, 5.41) is 1.09. The minimum atomic E-state index is -0.149. The lowest BCUT2D eigenvalue weighted by molar-refractivity contribution is 0.0391. The van der Waals surface area contributed by atoms with Crippen LogP contribution in [-0.2, 0) is 4.74 Å². The van der Waals surface area contributed by atoms with E-state index in [-0.39, 0.29) is 18.3 Å². The van der Waals surface area contributed by atoms with Crippen molar-refractivity contribution in [3.63, 3.8) is 0 Å². The van der Waals surface area contributed by atoms with Crippen molar-refractivity contribution in [1.29, 1.82) is 0 Å². The van der Waals surface area contributed by atoms with Gasteiger partial charge in [-0.2, -0.15) is 0 Å². The molecule has 1 saturated heterocycles. The lowest BCUT2D eigenvalue weighted by Gasteiger charge is -2.29. The highest BCUT2D eigenvalue weighted by molar-refractivity contribution is 7.22. The minimum Gasteiger partial charge on any atom is -0.494 e. The van der Waals surface area contributed by atoms with E-state index in [1.807, 2.05) is 31.2 Å². The Kier molecular flexibility index (Phi) is 8.13. The monoisotopic (exact) mass is 481 g/mol. The molecule has 0 radical (unpaired) electrons. The molecule has 0 saturated carbocycles. The number of methoxy groups -OCH3 is 1. The van der Waals surface area contributed by atoms with Gasteiger partial charge in [0.15, 0.2) is 5.13 Å². The Balaban J connectivity index is 0.00000272. The van der Waals surface area contributed by atoms with Gasteiger partial charge in [0.2, 0.25) is 0 Å². The lowest BCUT2D eigenvalue weighted by Crippen LogP contribution is -2.43. The van der Waals surface area contributed by atoms with Crippen molar-refractivity contribution in [2.24, 2.45) is 0 Å². The number of hydrogen-bond acceptors (Lipinski definition) is 6. The zero-order valence-electron chi connectivity index (χ0n) is 17.5. The van der Waals surface area contributed by atoms with Gasteiger partial charge >= 0.3 is 0 Å². The summed E-state index contributed by atoms with van der Waals surface area (Å²) in [5.74, 6) is 0.556. The van der Waals surface area contributed by atoms with Crippen molar-refractivity contribution < 1.29 is 14.3 Å². The predicted octanol–water partition coefficient (Wildman–Crippen LogP) is 4.67. The molecule has 9 heteroatoms. The summed E-state index contributed by atoms with van der Waals surface area (Å²) in [6.07, 6.45) is 0. The van der Waals surface area contributed by atoms with Crippen LogP contribution in [0.15, 0.2) is 36.4 Å². The van der Waals surface area contributed by atoms with E-state index in [1.54, 1.807) is 24.1 Å². The van der Waals surface area contributed by atoms with Crippen molar-refractivity contribution in [2.75, 3.05) is 51.4 Å². The third kappa shape index (κ3) is 5.13. The van der Waals surface area contributed by atoms with Crippen molar-refractivity contribution in [3.05, 3.63) is 52.5 Å². The molecule has 1 fully saturated rings. The second-order valence-electron chi connectivity index (χ2n) is 7.15. The van der Waals surface area contributed by atoms with E-state index in [4.69, 9.17) is 26.1 Å². The van der Waals surface area contributed by atoms with Crippen LogP contribution in [0.3, 0.4) is 0 Å². The van der Waals surface area contributed by atoms with Crippen LogP contribution < -0.4 is 9.64 Å². The Morgan fingerprint density at radius 3 is 2.71 bits per heavy atom. The molecule has 2 aromatic carbocycles. The molecule has 1 aliphatic rings. The standard InChI is InChI=1S/C22H24ClN3O3S.ClH/c1-15-7-8-18(28-2)19-20(15)30-22(24-19)26(10-9-25-11-13-29-14-12-25)21(27)16-5-3-4-6-17(16)23;/h3-8H,9-14H2,1-2H3;1H. The number of halogens is 2. The molecule has 3 aromatic rings. The number of nitrogens with zero attached hydrogens (tertiary/aromatic N) is 3. The van der Waals surface area contributed by atoms with Gasteiger partial charge in [0.1, 0.15) is 11.3 Å². The highest BCUT2D eigenvalue weighted by Crippen LogP contribution is 2.37. The molecule has 4 rings (SSSR count). The van der Waals surface area contributed by atoms with Gasteiger partial charge < -0.3 is 9.47 Å². The summed E-state index contributed by atoms with van der Waals surface area (Å²) < 4.78 is 12.0. The summed E-state index contributed by atoms with van der Waals surface area (Å²) >= 11 is 7.84. The van der Waals surface area contributed by atoms with Gasteiger partial charge in [0.05, 0.1) is 35.6 Å². The molecule has 0 spiro atoms. The third-order valence-corrected chi connectivity index (χ3v) is 6.78. The number of rotatable bonds is 6. The molecule has 166 valence electrons. The van der Waals surface area contributed by atoms with Crippen LogP contribution >= 0.6 is 35.3 Å². The number of hydrogen-bond donors (Lipinski definition) is 0. The number of carbonyl (C=O) groups excluding carboxylic acids is 1. The van der Waals surface area contributed by atoms with E-state index < -0.39 is 0 Å². The zero-order chi connectivity index (χ0) is 21.1. The first kappa shape index (κ1) is 23.8. The maximum absolute atomic E-state index is 13.5. The van der Waals surface area contributed by atoms with Crippen LogP contribution in [-0.4, -0.2) is 62.3 Å². The van der Waals surface area contributed by atoms with E-state index in [1.165, 1.54) is 11.3 Å². The molecule has 0 bridgehead atoms. The molecule has 6 nitrogen and oxygen atoms in total. The summed E-state index contributed by atoms with van der Waals surface area (Å²) in [5.41, 5.74) is 2.36. The smallest absolute Gasteiger partial charge is 0.261 e. The van der Waals surface area contributed by atoms with E-state index in [0.29, 0.717) is 28.0 Å². The van der Waals surface area contributed by atoms with Gasteiger partial charge in [-0.25, -0.2) is 4.98 Å². The number of fused-ring (bicyclic) bond motifs is 1. The van der Waals surface area contributed by atoms with Crippen molar-refractivity contribution in [3.8, 4) is 5.75 Å². The van der Waals surface area contributed by atoms with Crippen molar-refractivity contribution in [1.82, 2.24) is 9.88 Å². The number of aryl methyl sites for hydroxylation is 1. The molecule has 1 aliphatic heterocycles. The number of ether oxygens (including phenoxy) is 2. The topological polar surface area (TPSA) is 54.9 Å². The molecule has 0 N–H and O–H groups in total. The summed E-state index contributed by atoms with van der Waals surface area (Å²) in [6.45, 7) is 6.46. The van der Waals surface area contributed by atoms with Crippen LogP contribution in [0.2, 0.25) is 5.02 Å².